The van der Waals surface area contributed by atoms with E-state index in [9.17, 15) is 24.5 Å². The highest BCUT2D eigenvalue weighted by Crippen LogP contribution is 2.13. The van der Waals surface area contributed by atoms with E-state index in [4.69, 9.17) is 9.47 Å². The average Bonchev–Trinajstić information content (AvgIpc) is 2.71. The first-order valence-corrected chi connectivity index (χ1v) is 8.14. The van der Waals surface area contributed by atoms with Crippen LogP contribution in [0.2, 0.25) is 0 Å². The van der Waals surface area contributed by atoms with E-state index in [2.05, 4.69) is 10.9 Å². The van der Waals surface area contributed by atoms with Crippen LogP contribution < -0.4 is 15.6 Å². The van der Waals surface area contributed by atoms with Gasteiger partial charge in [-0.15, -0.1) is 0 Å². The maximum atomic E-state index is 11.9. The van der Waals surface area contributed by atoms with Gasteiger partial charge in [0.25, 0.3) is 17.5 Å². The van der Waals surface area contributed by atoms with E-state index < -0.39 is 29.3 Å². The molecule has 0 saturated heterocycles. The average molecular weight is 387 g/mol. The predicted molar refractivity (Wildman–Crippen MR) is 96.6 cm³/mol. The van der Waals surface area contributed by atoms with Crippen molar-refractivity contribution in [3.8, 4) is 5.75 Å². The zero-order valence-electron chi connectivity index (χ0n) is 14.8. The fourth-order valence-corrected chi connectivity index (χ4v) is 2.06. The molecular weight excluding hydrogens is 370 g/mol. The highest BCUT2D eigenvalue weighted by atomic mass is 16.6. The van der Waals surface area contributed by atoms with E-state index >= 15 is 0 Å². The summed E-state index contributed by atoms with van der Waals surface area (Å²) in [7, 11) is 0. The number of nitrogens with one attached hydrogen (secondary N) is 2. The van der Waals surface area contributed by atoms with Crippen LogP contribution in [0, 0.1) is 10.1 Å². The van der Waals surface area contributed by atoms with Gasteiger partial charge in [0.2, 0.25) is 0 Å². The van der Waals surface area contributed by atoms with Gasteiger partial charge in [-0.3, -0.25) is 30.6 Å². The molecule has 0 heterocycles. The zero-order valence-corrected chi connectivity index (χ0v) is 14.8. The summed E-state index contributed by atoms with van der Waals surface area (Å²) in [5.74, 6) is -1.66. The molecule has 0 spiro atoms. The number of non-ortho nitro benzene ring substituents is 1. The number of amides is 2. The second kappa shape index (κ2) is 9.67. The van der Waals surface area contributed by atoms with Crippen LogP contribution in [-0.2, 0) is 9.53 Å². The summed E-state index contributed by atoms with van der Waals surface area (Å²) in [6.45, 7) is 1.70. The molecule has 0 aliphatic heterocycles. The lowest BCUT2D eigenvalue weighted by molar-refractivity contribution is -0.384. The second-order valence-electron chi connectivity index (χ2n) is 5.34. The summed E-state index contributed by atoms with van der Waals surface area (Å²) in [5.41, 5.74) is 4.10. The van der Waals surface area contributed by atoms with Gasteiger partial charge in [0.15, 0.2) is 6.61 Å². The van der Waals surface area contributed by atoms with Gasteiger partial charge in [0.1, 0.15) is 5.75 Å². The van der Waals surface area contributed by atoms with Crippen LogP contribution in [0.1, 0.15) is 27.6 Å². The topological polar surface area (TPSA) is 137 Å². The van der Waals surface area contributed by atoms with Crippen molar-refractivity contribution in [1.29, 1.82) is 0 Å². The lowest BCUT2D eigenvalue weighted by Gasteiger charge is -2.08. The van der Waals surface area contributed by atoms with Crippen molar-refractivity contribution < 1.29 is 28.8 Å². The van der Waals surface area contributed by atoms with Gasteiger partial charge in [0, 0.05) is 17.7 Å². The standard InChI is InChI=1S/C18H17N3O7/c1-2-27-15-8-6-12(7-9-15)18(24)28-11-16(22)19-20-17(23)13-4-3-5-14(10-13)21(25)26/h3-10H,2,11H2,1H3,(H,19,22)(H,20,23). The van der Waals surface area contributed by atoms with Gasteiger partial charge < -0.3 is 9.47 Å². The van der Waals surface area contributed by atoms with Crippen LogP contribution in [0.4, 0.5) is 5.69 Å². The lowest BCUT2D eigenvalue weighted by Crippen LogP contribution is -2.43. The maximum absolute atomic E-state index is 11.9. The van der Waals surface area contributed by atoms with Crippen molar-refractivity contribution in [3.63, 3.8) is 0 Å². The Morgan fingerprint density at radius 2 is 1.75 bits per heavy atom. The summed E-state index contributed by atoms with van der Waals surface area (Å²) in [4.78, 5) is 45.5. The normalized spacial score (nSPS) is 9.89. The largest absolute Gasteiger partial charge is 0.494 e. The lowest BCUT2D eigenvalue weighted by atomic mass is 10.2. The Balaban J connectivity index is 1.80. The van der Waals surface area contributed by atoms with Gasteiger partial charge in [-0.2, -0.15) is 0 Å². The number of esters is 1. The zero-order chi connectivity index (χ0) is 20.5. The van der Waals surface area contributed by atoms with Crippen LogP contribution in [0.25, 0.3) is 0 Å². The van der Waals surface area contributed by atoms with E-state index in [1.165, 1.54) is 30.3 Å². The molecule has 2 N–H and O–H groups in total. The molecule has 0 aromatic heterocycles. The number of hydrogen-bond acceptors (Lipinski definition) is 7. The molecule has 0 aliphatic rings. The van der Waals surface area contributed by atoms with E-state index in [1.807, 2.05) is 6.92 Å². The number of rotatable bonds is 7. The molecular formula is C18H17N3O7. The molecule has 0 aliphatic carbocycles. The highest BCUT2D eigenvalue weighted by molar-refractivity contribution is 5.96. The van der Waals surface area contributed by atoms with E-state index in [-0.39, 0.29) is 16.8 Å². The summed E-state index contributed by atoms with van der Waals surface area (Å²) in [6.07, 6.45) is 0. The van der Waals surface area contributed by atoms with Gasteiger partial charge in [-0.25, -0.2) is 4.79 Å². The minimum atomic E-state index is -0.780. The molecule has 2 rings (SSSR count). The first-order chi connectivity index (χ1) is 13.4. The molecule has 28 heavy (non-hydrogen) atoms. The first kappa shape index (κ1) is 20.4. The molecule has 0 unspecified atom stereocenters. The third kappa shape index (κ3) is 5.80. The van der Waals surface area contributed by atoms with Gasteiger partial charge in [-0.1, -0.05) is 6.07 Å². The monoisotopic (exact) mass is 387 g/mol. The van der Waals surface area contributed by atoms with Gasteiger partial charge in [0.05, 0.1) is 17.1 Å². The number of benzene rings is 2. The number of ether oxygens (including phenoxy) is 2. The highest BCUT2D eigenvalue weighted by Gasteiger charge is 2.14. The fourth-order valence-electron chi connectivity index (χ4n) is 2.06. The van der Waals surface area contributed by atoms with Crippen molar-refractivity contribution in [2.75, 3.05) is 13.2 Å². The van der Waals surface area contributed by atoms with E-state index in [1.54, 1.807) is 12.1 Å². The van der Waals surface area contributed by atoms with Crippen LogP contribution in [0.5, 0.6) is 5.75 Å². The number of hydrogen-bond donors (Lipinski definition) is 2. The third-order valence-electron chi connectivity index (χ3n) is 3.37. The number of carbonyl (C=O) groups excluding carboxylic acids is 3. The molecule has 2 aromatic rings. The number of hydrazine groups is 1. The molecule has 2 amide bonds. The fraction of sp³-hybridized carbons (Fsp3) is 0.167. The van der Waals surface area contributed by atoms with Crippen LogP contribution >= 0.6 is 0 Å². The smallest absolute Gasteiger partial charge is 0.338 e. The van der Waals surface area contributed by atoms with Crippen molar-refractivity contribution in [1.82, 2.24) is 10.9 Å². The summed E-state index contributed by atoms with van der Waals surface area (Å²) >= 11 is 0. The number of nitrogens with zero attached hydrogens (tertiary/aromatic N) is 1. The Bertz CT molecular complexity index is 881. The molecule has 2 aromatic carbocycles. The maximum Gasteiger partial charge on any atom is 0.338 e. The molecule has 146 valence electrons. The van der Waals surface area contributed by atoms with Crippen LogP contribution in [0.3, 0.4) is 0 Å². The molecule has 10 heteroatoms. The molecule has 0 saturated carbocycles. The predicted octanol–water partition coefficient (Wildman–Crippen LogP) is 1.61. The minimum absolute atomic E-state index is 0.0131. The second-order valence-corrected chi connectivity index (χ2v) is 5.34. The molecule has 0 atom stereocenters. The van der Waals surface area contributed by atoms with Crippen LogP contribution in [0.15, 0.2) is 48.5 Å². The molecule has 10 nitrogen and oxygen atoms in total. The van der Waals surface area contributed by atoms with Crippen molar-refractivity contribution in [2.24, 2.45) is 0 Å². The Morgan fingerprint density at radius 1 is 1.04 bits per heavy atom. The number of nitro groups is 1. The van der Waals surface area contributed by atoms with Gasteiger partial charge in [-0.05, 0) is 37.3 Å². The third-order valence-corrected chi connectivity index (χ3v) is 3.37. The van der Waals surface area contributed by atoms with Crippen LogP contribution in [-0.4, -0.2) is 35.9 Å². The number of carbonyl (C=O) groups is 3. The SMILES string of the molecule is CCOc1ccc(C(=O)OCC(=O)NNC(=O)c2cccc([N+](=O)[O-])c2)cc1. The van der Waals surface area contributed by atoms with Crippen molar-refractivity contribution >= 4 is 23.5 Å². The molecule has 0 bridgehead atoms. The Kier molecular flexibility index (Phi) is 7.03. The van der Waals surface area contributed by atoms with E-state index in [0.29, 0.717) is 12.4 Å². The summed E-state index contributed by atoms with van der Waals surface area (Å²) in [6, 6.07) is 11.2. The van der Waals surface area contributed by atoms with Crippen molar-refractivity contribution in [3.05, 3.63) is 69.8 Å². The quantitative estimate of drug-likeness (QED) is 0.418. The first-order valence-electron chi connectivity index (χ1n) is 8.14. The minimum Gasteiger partial charge on any atom is -0.494 e. The Labute approximate surface area is 159 Å². The van der Waals surface area contributed by atoms with Gasteiger partial charge >= 0.3 is 5.97 Å². The summed E-state index contributed by atoms with van der Waals surface area (Å²) in [5, 5.41) is 10.7. The van der Waals surface area contributed by atoms with E-state index in [0.717, 1.165) is 6.07 Å². The van der Waals surface area contributed by atoms with Crippen molar-refractivity contribution in [2.45, 2.75) is 6.92 Å². The molecule has 0 radical (unpaired) electrons. The number of nitro benzene ring substituents is 1. The Morgan fingerprint density at radius 3 is 2.39 bits per heavy atom. The summed E-state index contributed by atoms with van der Waals surface area (Å²) < 4.78 is 10.1. The molecule has 0 fully saturated rings. The Hall–Kier alpha value is -3.95.